The summed E-state index contributed by atoms with van der Waals surface area (Å²) in [5, 5.41) is 0. The smallest absolute Gasteiger partial charge is 0.256 e. The number of amides is 1. The number of nitrogens with two attached hydrogens (primary N) is 1. The van der Waals surface area contributed by atoms with Crippen molar-refractivity contribution in [2.75, 3.05) is 24.6 Å². The molecule has 0 saturated carbocycles. The van der Waals surface area contributed by atoms with Crippen LogP contribution in [0.25, 0.3) is 0 Å². The zero-order valence-electron chi connectivity index (χ0n) is 9.43. The first-order chi connectivity index (χ1) is 8.22. The molecule has 1 aromatic rings. The highest BCUT2D eigenvalue weighted by Gasteiger charge is 2.29. The van der Waals surface area contributed by atoms with Gasteiger partial charge in [-0.15, -0.1) is 0 Å². The van der Waals surface area contributed by atoms with Crippen LogP contribution in [0.4, 0.5) is 10.1 Å². The van der Waals surface area contributed by atoms with E-state index in [-0.39, 0.29) is 11.7 Å². The van der Waals surface area contributed by atoms with Crippen molar-refractivity contribution >= 4 is 11.6 Å². The maximum absolute atomic E-state index is 13.1. The number of hydrogen-bond acceptors (Lipinski definition) is 3. The minimum atomic E-state index is -0.503. The van der Waals surface area contributed by atoms with E-state index in [1.165, 1.54) is 12.1 Å². The van der Waals surface area contributed by atoms with E-state index in [0.29, 0.717) is 31.8 Å². The molecule has 5 heteroatoms. The third-order valence-corrected chi connectivity index (χ3v) is 2.72. The number of morpholine rings is 1. The van der Waals surface area contributed by atoms with Gasteiger partial charge in [-0.1, -0.05) is 6.07 Å². The van der Waals surface area contributed by atoms with Crippen LogP contribution in [-0.2, 0) is 9.53 Å². The molecule has 92 valence electrons. The van der Waals surface area contributed by atoms with Gasteiger partial charge in [0.15, 0.2) is 0 Å². The van der Waals surface area contributed by atoms with Crippen LogP contribution < -0.4 is 10.6 Å². The van der Waals surface area contributed by atoms with E-state index in [9.17, 15) is 9.18 Å². The summed E-state index contributed by atoms with van der Waals surface area (Å²) < 4.78 is 18.5. The van der Waals surface area contributed by atoms with E-state index in [2.05, 4.69) is 0 Å². The van der Waals surface area contributed by atoms with Crippen LogP contribution in [0.5, 0.6) is 0 Å². The molecule has 0 aliphatic carbocycles. The molecule has 2 rings (SSSR count). The van der Waals surface area contributed by atoms with Crippen molar-refractivity contribution in [1.82, 2.24) is 0 Å². The minimum absolute atomic E-state index is 0.146. The quantitative estimate of drug-likeness (QED) is 0.851. The molecule has 1 unspecified atom stereocenters. The molecule has 0 spiro atoms. The Morgan fingerprint density at radius 1 is 1.53 bits per heavy atom. The molecule has 0 radical (unpaired) electrons. The van der Waals surface area contributed by atoms with Gasteiger partial charge in [-0.25, -0.2) is 4.39 Å². The third kappa shape index (κ3) is 2.62. The molecule has 1 fully saturated rings. The number of carbonyl (C=O) groups is 1. The van der Waals surface area contributed by atoms with E-state index in [1.807, 2.05) is 0 Å². The van der Waals surface area contributed by atoms with E-state index in [0.717, 1.165) is 0 Å². The van der Waals surface area contributed by atoms with Crippen molar-refractivity contribution in [3.05, 3.63) is 30.1 Å². The normalized spacial score (nSPS) is 20.7. The zero-order valence-corrected chi connectivity index (χ0v) is 9.43. The molecular weight excluding hydrogens is 223 g/mol. The van der Waals surface area contributed by atoms with Crippen LogP contribution in [-0.4, -0.2) is 31.7 Å². The Balaban J connectivity index is 2.17. The van der Waals surface area contributed by atoms with Gasteiger partial charge in [-0.3, -0.25) is 4.79 Å². The number of nitrogens with zero attached hydrogens (tertiary/aromatic N) is 1. The van der Waals surface area contributed by atoms with Gasteiger partial charge >= 0.3 is 0 Å². The summed E-state index contributed by atoms with van der Waals surface area (Å²) in [7, 11) is 0. The Hall–Kier alpha value is -1.46. The Morgan fingerprint density at radius 3 is 3.06 bits per heavy atom. The van der Waals surface area contributed by atoms with Crippen LogP contribution in [0, 0.1) is 5.82 Å². The molecule has 17 heavy (non-hydrogen) atoms. The second kappa shape index (κ2) is 5.25. The summed E-state index contributed by atoms with van der Waals surface area (Å²) in [6.45, 7) is 1.30. The van der Waals surface area contributed by atoms with Gasteiger partial charge in [0, 0.05) is 12.2 Å². The van der Waals surface area contributed by atoms with Gasteiger partial charge in [0.2, 0.25) is 0 Å². The first-order valence-corrected chi connectivity index (χ1v) is 5.61. The van der Waals surface area contributed by atoms with Crippen LogP contribution >= 0.6 is 0 Å². The molecule has 1 heterocycles. The molecule has 4 nitrogen and oxygen atoms in total. The van der Waals surface area contributed by atoms with Crippen LogP contribution in [0.3, 0.4) is 0 Å². The molecule has 2 N–H and O–H groups in total. The van der Waals surface area contributed by atoms with Crippen molar-refractivity contribution in [3.8, 4) is 0 Å². The molecule has 1 aliphatic heterocycles. The topological polar surface area (TPSA) is 55.6 Å². The largest absolute Gasteiger partial charge is 0.366 e. The van der Waals surface area contributed by atoms with Crippen LogP contribution in [0.15, 0.2) is 24.3 Å². The average Bonchev–Trinajstić information content (AvgIpc) is 2.32. The number of rotatable bonds is 3. The van der Waals surface area contributed by atoms with Gasteiger partial charge in [0.1, 0.15) is 11.9 Å². The fraction of sp³-hybridized carbons (Fsp3) is 0.417. The number of halogens is 1. The summed E-state index contributed by atoms with van der Waals surface area (Å²) in [6, 6.07) is 6.01. The van der Waals surface area contributed by atoms with Crippen LogP contribution in [0.1, 0.15) is 6.42 Å². The van der Waals surface area contributed by atoms with Crippen molar-refractivity contribution in [3.63, 3.8) is 0 Å². The number of anilines is 1. The number of ether oxygens (including phenoxy) is 1. The molecule has 1 aromatic carbocycles. The summed E-state index contributed by atoms with van der Waals surface area (Å²) in [4.78, 5) is 13.6. The first-order valence-electron chi connectivity index (χ1n) is 5.61. The summed E-state index contributed by atoms with van der Waals surface area (Å²) in [5.41, 5.74) is 5.99. The maximum Gasteiger partial charge on any atom is 0.256 e. The van der Waals surface area contributed by atoms with Gasteiger partial charge < -0.3 is 15.4 Å². The SMILES string of the molecule is NCCC1OCCN(c2cccc(F)c2)C1=O. The number of hydrogen-bond donors (Lipinski definition) is 1. The molecule has 1 amide bonds. The predicted molar refractivity (Wildman–Crippen MR) is 62.2 cm³/mol. The predicted octanol–water partition coefficient (Wildman–Crippen LogP) is 0.906. The second-order valence-electron chi connectivity index (χ2n) is 3.91. The lowest BCUT2D eigenvalue weighted by Gasteiger charge is -2.32. The van der Waals surface area contributed by atoms with E-state index >= 15 is 0 Å². The Bertz CT molecular complexity index is 409. The highest BCUT2D eigenvalue weighted by molar-refractivity contribution is 5.97. The summed E-state index contributed by atoms with van der Waals surface area (Å²) in [5.74, 6) is -0.496. The minimum Gasteiger partial charge on any atom is -0.366 e. The van der Waals surface area contributed by atoms with Crippen molar-refractivity contribution < 1.29 is 13.9 Å². The molecule has 0 aromatic heterocycles. The van der Waals surface area contributed by atoms with Gasteiger partial charge in [-0.05, 0) is 31.2 Å². The zero-order chi connectivity index (χ0) is 12.3. The Labute approximate surface area is 99.2 Å². The fourth-order valence-corrected chi connectivity index (χ4v) is 1.90. The lowest BCUT2D eigenvalue weighted by atomic mass is 10.1. The number of benzene rings is 1. The number of carbonyl (C=O) groups excluding carboxylic acids is 1. The van der Waals surface area contributed by atoms with E-state index < -0.39 is 6.10 Å². The lowest BCUT2D eigenvalue weighted by molar-refractivity contribution is -0.134. The van der Waals surface area contributed by atoms with Gasteiger partial charge in [0.05, 0.1) is 6.61 Å². The summed E-state index contributed by atoms with van der Waals surface area (Å²) in [6.07, 6.45) is -0.0120. The Kier molecular flexibility index (Phi) is 3.71. The van der Waals surface area contributed by atoms with Gasteiger partial charge in [0.25, 0.3) is 5.91 Å². The molecule has 1 aliphatic rings. The van der Waals surface area contributed by atoms with Crippen molar-refractivity contribution in [2.24, 2.45) is 5.73 Å². The van der Waals surface area contributed by atoms with E-state index in [4.69, 9.17) is 10.5 Å². The molecule has 1 atom stereocenters. The molecule has 1 saturated heterocycles. The summed E-state index contributed by atoms with van der Waals surface area (Å²) >= 11 is 0. The maximum atomic E-state index is 13.1. The lowest BCUT2D eigenvalue weighted by Crippen LogP contribution is -2.48. The third-order valence-electron chi connectivity index (χ3n) is 2.72. The second-order valence-corrected chi connectivity index (χ2v) is 3.91. The van der Waals surface area contributed by atoms with Crippen molar-refractivity contribution in [2.45, 2.75) is 12.5 Å². The van der Waals surface area contributed by atoms with E-state index in [1.54, 1.807) is 17.0 Å². The van der Waals surface area contributed by atoms with Gasteiger partial charge in [-0.2, -0.15) is 0 Å². The molecule has 0 bridgehead atoms. The molecular formula is C12H15FN2O2. The van der Waals surface area contributed by atoms with Crippen LogP contribution in [0.2, 0.25) is 0 Å². The monoisotopic (exact) mass is 238 g/mol. The first kappa shape index (κ1) is 12.0. The average molecular weight is 238 g/mol. The highest BCUT2D eigenvalue weighted by Crippen LogP contribution is 2.20. The highest BCUT2D eigenvalue weighted by atomic mass is 19.1. The van der Waals surface area contributed by atoms with Crippen molar-refractivity contribution in [1.29, 1.82) is 0 Å². The standard InChI is InChI=1S/C12H15FN2O2/c13-9-2-1-3-10(8-9)15-6-7-17-11(4-5-14)12(15)16/h1-3,8,11H,4-7,14H2. The fourth-order valence-electron chi connectivity index (χ4n) is 1.90. The Morgan fingerprint density at radius 2 is 2.35 bits per heavy atom.